The molecule has 2 amide bonds. The summed E-state index contributed by atoms with van der Waals surface area (Å²) in [7, 11) is -4.09. The molecule has 4 N–H and O–H groups in total. The Bertz CT molecular complexity index is 1370. The molecule has 0 aromatic heterocycles. The summed E-state index contributed by atoms with van der Waals surface area (Å²) in [6, 6.07) is 18.1. The van der Waals surface area contributed by atoms with Gasteiger partial charge in [-0.25, -0.2) is 13.2 Å². The molecule has 2 atom stereocenters. The van der Waals surface area contributed by atoms with E-state index in [9.17, 15) is 18.3 Å². The van der Waals surface area contributed by atoms with E-state index in [1.54, 1.807) is 36.4 Å². The van der Waals surface area contributed by atoms with Crippen molar-refractivity contribution in [2.45, 2.75) is 29.8 Å². The van der Waals surface area contributed by atoms with Gasteiger partial charge >= 0.3 is 6.03 Å². The van der Waals surface area contributed by atoms with Gasteiger partial charge in [0.2, 0.25) is 10.0 Å². The fourth-order valence-corrected chi connectivity index (χ4v) is 6.65. The Morgan fingerprint density at radius 1 is 0.944 bits per heavy atom. The predicted molar refractivity (Wildman–Crippen MR) is 137 cm³/mol. The number of nitrogens with zero attached hydrogens (tertiary/aromatic N) is 1. The Balaban J connectivity index is 1.35. The van der Waals surface area contributed by atoms with Gasteiger partial charge in [-0.05, 0) is 49.2 Å². The number of hydrogen-bond donors (Lipinski definition) is 4. The number of halogens is 1. The lowest BCUT2D eigenvalue weighted by Gasteiger charge is -2.32. The summed E-state index contributed by atoms with van der Waals surface area (Å²) in [4.78, 5) is 12.4. The van der Waals surface area contributed by atoms with Crippen molar-refractivity contribution in [2.75, 3.05) is 23.7 Å². The molecule has 11 heteroatoms. The molecule has 0 aliphatic carbocycles. The normalized spacial score (nSPS) is 19.6. The first kappa shape index (κ1) is 24.4. The number of fused-ring (bicyclic) bond motifs is 2. The van der Waals surface area contributed by atoms with Gasteiger partial charge in [-0.3, -0.25) is 0 Å². The first-order valence-electron chi connectivity index (χ1n) is 11.5. The molecule has 0 radical (unpaired) electrons. The van der Waals surface area contributed by atoms with E-state index in [0.717, 1.165) is 12.8 Å². The van der Waals surface area contributed by atoms with Crippen LogP contribution in [0.2, 0.25) is 5.02 Å². The highest BCUT2D eigenvalue weighted by Crippen LogP contribution is 2.40. The van der Waals surface area contributed by atoms with E-state index in [0.29, 0.717) is 30.3 Å². The van der Waals surface area contributed by atoms with Crippen molar-refractivity contribution in [2.24, 2.45) is 0 Å². The van der Waals surface area contributed by atoms with Gasteiger partial charge in [-0.1, -0.05) is 41.9 Å². The number of phenols is 1. The molecule has 0 spiro atoms. The minimum Gasteiger partial charge on any atom is -0.504 e. The third kappa shape index (κ3) is 4.98. The monoisotopic (exact) mass is 528 g/mol. The number of ether oxygens (including phenoxy) is 1. The number of benzene rings is 3. The van der Waals surface area contributed by atoms with E-state index in [1.165, 1.54) is 16.4 Å². The van der Waals surface area contributed by atoms with Crippen LogP contribution < -0.4 is 20.7 Å². The lowest BCUT2D eigenvalue weighted by molar-refractivity contribution is 0.262. The number of para-hydroxylation sites is 3. The third-order valence-electron chi connectivity index (χ3n) is 6.22. The van der Waals surface area contributed by atoms with Gasteiger partial charge in [-0.15, -0.1) is 0 Å². The van der Waals surface area contributed by atoms with Gasteiger partial charge in [-0.2, -0.15) is 4.31 Å². The number of carbonyl (C=O) groups excluding carboxylic acids is 1. The minimum atomic E-state index is -4.09. The second-order valence-electron chi connectivity index (χ2n) is 8.72. The van der Waals surface area contributed by atoms with Gasteiger partial charge in [0.15, 0.2) is 11.5 Å². The number of nitrogens with one attached hydrogen (secondary N) is 3. The van der Waals surface area contributed by atoms with E-state index in [-0.39, 0.29) is 22.8 Å². The zero-order chi connectivity index (χ0) is 25.3. The highest BCUT2D eigenvalue weighted by molar-refractivity contribution is 7.89. The summed E-state index contributed by atoms with van der Waals surface area (Å²) in [5.74, 6) is 0.395. The largest absolute Gasteiger partial charge is 0.504 e. The average Bonchev–Trinajstić information content (AvgIpc) is 3.19. The van der Waals surface area contributed by atoms with E-state index in [1.807, 2.05) is 18.2 Å². The zero-order valence-electron chi connectivity index (χ0n) is 19.1. The van der Waals surface area contributed by atoms with Crippen LogP contribution in [0, 0.1) is 0 Å². The van der Waals surface area contributed by atoms with Crippen LogP contribution in [-0.4, -0.2) is 49.0 Å². The molecule has 2 aliphatic rings. The molecular weight excluding hydrogens is 504 g/mol. The number of piperazine rings is 1. The number of phenolic OH excluding ortho intramolecular Hbond substituents is 1. The first-order chi connectivity index (χ1) is 17.3. The SMILES string of the molecule is O=C(Nc1ccccc1Oc1ccccc1)Nc1ccc(Cl)c(S(=O)(=O)N2C[C@H]3CC[C@@H](C2)N3)c1O. The van der Waals surface area contributed by atoms with E-state index in [4.69, 9.17) is 16.3 Å². The highest BCUT2D eigenvalue weighted by Gasteiger charge is 2.40. The zero-order valence-corrected chi connectivity index (χ0v) is 20.7. The summed E-state index contributed by atoms with van der Waals surface area (Å²) in [6.07, 6.45) is 1.79. The highest BCUT2D eigenvalue weighted by atomic mass is 35.5. The van der Waals surface area contributed by atoms with Crippen molar-refractivity contribution in [1.29, 1.82) is 0 Å². The summed E-state index contributed by atoms with van der Waals surface area (Å²) in [6.45, 7) is 0.593. The third-order valence-corrected chi connectivity index (χ3v) is 8.55. The van der Waals surface area contributed by atoms with Crippen LogP contribution in [0.5, 0.6) is 17.2 Å². The van der Waals surface area contributed by atoms with Crippen LogP contribution in [-0.2, 0) is 10.0 Å². The van der Waals surface area contributed by atoms with Crippen molar-refractivity contribution in [3.8, 4) is 17.2 Å². The van der Waals surface area contributed by atoms with Crippen molar-refractivity contribution < 1.29 is 23.1 Å². The maximum Gasteiger partial charge on any atom is 0.323 e. The maximum atomic E-state index is 13.4. The quantitative estimate of drug-likeness (QED) is 0.347. The Hall–Kier alpha value is -3.31. The molecule has 2 aliphatic heterocycles. The van der Waals surface area contributed by atoms with Crippen molar-refractivity contribution in [1.82, 2.24) is 9.62 Å². The van der Waals surface area contributed by atoms with Gasteiger partial charge < -0.3 is 25.8 Å². The second kappa shape index (κ2) is 9.98. The minimum absolute atomic E-state index is 0.0738. The second-order valence-corrected chi connectivity index (χ2v) is 11.0. The fraction of sp³-hybridized carbons (Fsp3) is 0.240. The lowest BCUT2D eigenvalue weighted by Crippen LogP contribution is -2.52. The number of sulfonamides is 1. The van der Waals surface area contributed by atoms with E-state index < -0.39 is 26.7 Å². The van der Waals surface area contributed by atoms with Crippen LogP contribution in [0.4, 0.5) is 16.2 Å². The summed E-state index contributed by atoms with van der Waals surface area (Å²) in [5.41, 5.74) is 0.298. The summed E-state index contributed by atoms with van der Waals surface area (Å²) in [5, 5.41) is 19.3. The summed E-state index contributed by atoms with van der Waals surface area (Å²) >= 11 is 6.23. The summed E-state index contributed by atoms with van der Waals surface area (Å²) < 4.78 is 34.0. The Morgan fingerprint density at radius 2 is 1.58 bits per heavy atom. The number of amides is 2. The van der Waals surface area contributed by atoms with Crippen LogP contribution in [0.1, 0.15) is 12.8 Å². The molecule has 2 fully saturated rings. The number of carbonyl (C=O) groups is 1. The molecule has 3 aromatic carbocycles. The molecule has 9 nitrogen and oxygen atoms in total. The smallest absolute Gasteiger partial charge is 0.323 e. The molecule has 188 valence electrons. The molecule has 2 saturated heterocycles. The average molecular weight is 529 g/mol. The molecule has 2 heterocycles. The Morgan fingerprint density at radius 3 is 2.31 bits per heavy atom. The molecule has 5 rings (SSSR count). The Labute approximate surface area is 214 Å². The van der Waals surface area contributed by atoms with Gasteiger partial charge in [0.25, 0.3) is 0 Å². The molecule has 3 aromatic rings. The lowest BCUT2D eigenvalue weighted by atomic mass is 10.2. The van der Waals surface area contributed by atoms with Crippen LogP contribution >= 0.6 is 11.6 Å². The van der Waals surface area contributed by atoms with Gasteiger partial charge in [0.1, 0.15) is 10.6 Å². The standard InChI is InChI=1S/C25H25ClN4O5S/c26-19-12-13-21(23(31)24(19)36(33,34)30-14-16-10-11-17(15-30)27-16)29-25(32)28-20-8-4-5-9-22(20)35-18-6-2-1-3-7-18/h1-9,12-13,16-17,27,31H,10-11,14-15H2,(H2,28,29,32)/t16-,17+. The number of anilines is 2. The van der Waals surface area contributed by atoms with Crippen molar-refractivity contribution in [3.05, 3.63) is 71.8 Å². The molecule has 36 heavy (non-hydrogen) atoms. The van der Waals surface area contributed by atoms with Crippen LogP contribution in [0.25, 0.3) is 0 Å². The maximum absolute atomic E-state index is 13.4. The number of rotatable bonds is 6. The topological polar surface area (TPSA) is 120 Å². The number of urea groups is 1. The molecule has 0 unspecified atom stereocenters. The first-order valence-corrected chi connectivity index (χ1v) is 13.3. The molecular formula is C25H25ClN4O5S. The Kier molecular flexibility index (Phi) is 6.76. The van der Waals surface area contributed by atoms with E-state index >= 15 is 0 Å². The number of hydrogen-bond acceptors (Lipinski definition) is 6. The van der Waals surface area contributed by atoms with Crippen molar-refractivity contribution >= 4 is 39.0 Å². The van der Waals surface area contributed by atoms with Gasteiger partial charge in [0, 0.05) is 25.2 Å². The van der Waals surface area contributed by atoms with Crippen molar-refractivity contribution in [3.63, 3.8) is 0 Å². The van der Waals surface area contributed by atoms with Gasteiger partial charge in [0.05, 0.1) is 16.4 Å². The fourth-order valence-electron chi connectivity index (χ4n) is 4.52. The van der Waals surface area contributed by atoms with Crippen LogP contribution in [0.15, 0.2) is 71.6 Å². The van der Waals surface area contributed by atoms with Crippen LogP contribution in [0.3, 0.4) is 0 Å². The predicted octanol–water partition coefficient (Wildman–Crippen LogP) is 4.61. The molecule has 0 saturated carbocycles. The van der Waals surface area contributed by atoms with E-state index in [2.05, 4.69) is 16.0 Å². The molecule has 2 bridgehead atoms. The number of aromatic hydroxyl groups is 1.